The van der Waals surface area contributed by atoms with Gasteiger partial charge in [-0.15, -0.1) is 0 Å². The Morgan fingerprint density at radius 2 is 1.60 bits per heavy atom. The molecule has 4 nitrogen and oxygen atoms in total. The number of carbonyl (C=O) groups is 1. The second-order valence-electron chi connectivity index (χ2n) is 4.26. The highest BCUT2D eigenvalue weighted by atomic mass is 16.5. The van der Waals surface area contributed by atoms with Crippen LogP contribution in [0.15, 0.2) is 71.4 Å². The largest absolute Gasteiger partial charge is 0.363 e. The topological polar surface area (TPSA) is 55.1 Å². The summed E-state index contributed by atoms with van der Waals surface area (Å²) in [6.07, 6.45) is 1.36. The second kappa shape index (κ2) is 5.40. The van der Waals surface area contributed by atoms with Crippen LogP contribution in [0.2, 0.25) is 0 Å². The third-order valence-electron chi connectivity index (χ3n) is 2.89. The molecule has 0 unspecified atom stereocenters. The van der Waals surface area contributed by atoms with E-state index in [1.54, 1.807) is 0 Å². The zero-order valence-electron chi connectivity index (χ0n) is 10.6. The van der Waals surface area contributed by atoms with Crippen molar-refractivity contribution in [1.82, 2.24) is 5.16 Å². The minimum absolute atomic E-state index is 0.240. The van der Waals surface area contributed by atoms with Gasteiger partial charge in [-0.1, -0.05) is 53.7 Å². The van der Waals surface area contributed by atoms with Gasteiger partial charge in [-0.05, 0) is 12.1 Å². The van der Waals surface area contributed by atoms with E-state index in [0.717, 1.165) is 11.3 Å². The first-order valence-corrected chi connectivity index (χ1v) is 6.21. The Morgan fingerprint density at radius 3 is 2.30 bits per heavy atom. The first kappa shape index (κ1) is 12.2. The average Bonchev–Trinajstić information content (AvgIpc) is 2.99. The van der Waals surface area contributed by atoms with Gasteiger partial charge in [0.1, 0.15) is 17.5 Å². The van der Waals surface area contributed by atoms with Gasteiger partial charge in [-0.2, -0.15) is 0 Å². The first-order chi connectivity index (χ1) is 9.84. The van der Waals surface area contributed by atoms with Crippen LogP contribution in [0.3, 0.4) is 0 Å². The van der Waals surface area contributed by atoms with Gasteiger partial charge in [0.05, 0.1) is 0 Å². The second-order valence-corrected chi connectivity index (χ2v) is 4.26. The highest BCUT2D eigenvalue weighted by molar-refractivity contribution is 6.07. The Morgan fingerprint density at radius 1 is 0.950 bits per heavy atom. The molecule has 0 atom stereocenters. The highest BCUT2D eigenvalue weighted by Crippen LogP contribution is 2.22. The minimum atomic E-state index is -0.240. The number of hydrogen-bond donors (Lipinski definition) is 1. The van der Waals surface area contributed by atoms with Crippen LogP contribution in [-0.2, 0) is 0 Å². The lowest BCUT2D eigenvalue weighted by molar-refractivity contribution is 0.102. The molecule has 3 rings (SSSR count). The van der Waals surface area contributed by atoms with Gasteiger partial charge in [0, 0.05) is 11.3 Å². The maximum Gasteiger partial charge on any atom is 0.261 e. The molecule has 1 amide bonds. The Kier molecular flexibility index (Phi) is 3.29. The molecule has 0 aliphatic heterocycles. The van der Waals surface area contributed by atoms with E-state index in [9.17, 15) is 4.79 Å². The van der Waals surface area contributed by atoms with Crippen molar-refractivity contribution in [2.45, 2.75) is 0 Å². The van der Waals surface area contributed by atoms with E-state index < -0.39 is 0 Å². The summed E-state index contributed by atoms with van der Waals surface area (Å²) < 4.78 is 4.95. The smallest absolute Gasteiger partial charge is 0.261 e. The summed E-state index contributed by atoms with van der Waals surface area (Å²) in [5.41, 5.74) is 2.54. The van der Waals surface area contributed by atoms with Crippen LogP contribution in [0.5, 0.6) is 0 Å². The quantitative estimate of drug-likeness (QED) is 0.786. The molecule has 3 aromatic rings. The lowest BCUT2D eigenvalue weighted by Crippen LogP contribution is -2.12. The molecule has 0 saturated carbocycles. The van der Waals surface area contributed by atoms with Crippen molar-refractivity contribution in [3.05, 3.63) is 72.5 Å². The number of amides is 1. The summed E-state index contributed by atoms with van der Waals surface area (Å²) in [5.74, 6) is -0.240. The predicted molar refractivity (Wildman–Crippen MR) is 76.3 cm³/mol. The summed E-state index contributed by atoms with van der Waals surface area (Å²) in [4.78, 5) is 12.3. The Balaban J connectivity index is 1.88. The standard InChI is InChI=1S/C16H12N2O2/c19-16(17-13-9-5-2-6-10-13)14-11-20-18-15(14)12-7-3-1-4-8-12/h1-11H,(H,17,19). The van der Waals surface area contributed by atoms with Crippen LogP contribution >= 0.6 is 0 Å². The summed E-state index contributed by atoms with van der Waals surface area (Å²) in [6.45, 7) is 0. The molecule has 98 valence electrons. The number of nitrogens with one attached hydrogen (secondary N) is 1. The number of hydrogen-bond acceptors (Lipinski definition) is 3. The van der Waals surface area contributed by atoms with Gasteiger partial charge in [0.2, 0.25) is 0 Å². The zero-order chi connectivity index (χ0) is 13.8. The molecule has 1 aromatic heterocycles. The normalized spacial score (nSPS) is 10.2. The average molecular weight is 264 g/mol. The first-order valence-electron chi connectivity index (χ1n) is 6.21. The lowest BCUT2D eigenvalue weighted by Gasteiger charge is -2.04. The third-order valence-corrected chi connectivity index (χ3v) is 2.89. The summed E-state index contributed by atoms with van der Waals surface area (Å²) >= 11 is 0. The molecule has 2 aromatic carbocycles. The van der Waals surface area contributed by atoms with Gasteiger partial charge in [0.15, 0.2) is 0 Å². The van der Waals surface area contributed by atoms with Gasteiger partial charge >= 0.3 is 0 Å². The molecule has 1 N–H and O–H groups in total. The van der Waals surface area contributed by atoms with Crippen molar-refractivity contribution in [3.8, 4) is 11.3 Å². The molecule has 0 aliphatic rings. The molecule has 0 bridgehead atoms. The summed E-state index contributed by atoms with van der Waals surface area (Å²) in [5, 5.41) is 6.73. The van der Waals surface area contributed by atoms with E-state index in [-0.39, 0.29) is 5.91 Å². The molecular formula is C16H12N2O2. The molecule has 4 heteroatoms. The number of benzene rings is 2. The lowest BCUT2D eigenvalue weighted by atomic mass is 10.1. The number of nitrogens with zero attached hydrogens (tertiary/aromatic N) is 1. The van der Waals surface area contributed by atoms with E-state index in [0.29, 0.717) is 11.3 Å². The summed E-state index contributed by atoms with van der Waals surface area (Å²) in [7, 11) is 0. The van der Waals surface area contributed by atoms with Crippen LogP contribution in [0.1, 0.15) is 10.4 Å². The van der Waals surface area contributed by atoms with Gasteiger partial charge < -0.3 is 9.84 Å². The number of para-hydroxylation sites is 1. The molecular weight excluding hydrogens is 252 g/mol. The maximum atomic E-state index is 12.3. The Hall–Kier alpha value is -2.88. The number of aromatic nitrogens is 1. The van der Waals surface area contributed by atoms with E-state index in [4.69, 9.17) is 4.52 Å². The third kappa shape index (κ3) is 2.44. The van der Waals surface area contributed by atoms with Crippen LogP contribution in [0, 0.1) is 0 Å². The predicted octanol–water partition coefficient (Wildman–Crippen LogP) is 3.59. The maximum absolute atomic E-state index is 12.3. The number of rotatable bonds is 3. The minimum Gasteiger partial charge on any atom is -0.363 e. The van der Waals surface area contributed by atoms with E-state index in [2.05, 4.69) is 10.5 Å². The molecule has 0 spiro atoms. The fraction of sp³-hybridized carbons (Fsp3) is 0. The van der Waals surface area contributed by atoms with E-state index >= 15 is 0 Å². The van der Waals surface area contributed by atoms with Gasteiger partial charge in [0.25, 0.3) is 5.91 Å². The van der Waals surface area contributed by atoms with Crippen molar-refractivity contribution >= 4 is 11.6 Å². The zero-order valence-corrected chi connectivity index (χ0v) is 10.6. The van der Waals surface area contributed by atoms with Crippen LogP contribution in [-0.4, -0.2) is 11.1 Å². The molecule has 0 radical (unpaired) electrons. The number of anilines is 1. The fourth-order valence-corrected chi connectivity index (χ4v) is 1.92. The van der Waals surface area contributed by atoms with E-state index in [1.165, 1.54) is 6.26 Å². The van der Waals surface area contributed by atoms with Gasteiger partial charge in [-0.3, -0.25) is 4.79 Å². The monoisotopic (exact) mass is 264 g/mol. The fourth-order valence-electron chi connectivity index (χ4n) is 1.92. The molecule has 0 aliphatic carbocycles. The van der Waals surface area contributed by atoms with Crippen molar-refractivity contribution in [3.63, 3.8) is 0 Å². The van der Waals surface area contributed by atoms with Crippen molar-refractivity contribution in [2.24, 2.45) is 0 Å². The van der Waals surface area contributed by atoms with E-state index in [1.807, 2.05) is 60.7 Å². The van der Waals surface area contributed by atoms with Crippen LogP contribution in [0.4, 0.5) is 5.69 Å². The molecule has 1 heterocycles. The Labute approximate surface area is 116 Å². The Bertz CT molecular complexity index is 706. The molecule has 0 fully saturated rings. The van der Waals surface area contributed by atoms with Gasteiger partial charge in [-0.25, -0.2) is 0 Å². The van der Waals surface area contributed by atoms with Crippen LogP contribution in [0.25, 0.3) is 11.3 Å². The van der Waals surface area contributed by atoms with Crippen LogP contribution < -0.4 is 5.32 Å². The van der Waals surface area contributed by atoms with Crippen molar-refractivity contribution in [2.75, 3.05) is 5.32 Å². The molecule has 20 heavy (non-hydrogen) atoms. The highest BCUT2D eigenvalue weighted by Gasteiger charge is 2.17. The van der Waals surface area contributed by atoms with Crippen molar-refractivity contribution in [1.29, 1.82) is 0 Å². The summed E-state index contributed by atoms with van der Waals surface area (Å²) in [6, 6.07) is 18.7. The molecule has 0 saturated heterocycles. The number of carbonyl (C=O) groups excluding carboxylic acids is 1. The van der Waals surface area contributed by atoms with Crippen molar-refractivity contribution < 1.29 is 9.32 Å². The SMILES string of the molecule is O=C(Nc1ccccc1)c1conc1-c1ccccc1.